The minimum atomic E-state index is 0.227. The molecule has 1 aromatic heterocycles. The van der Waals surface area contributed by atoms with Gasteiger partial charge in [-0.2, -0.15) is 0 Å². The van der Waals surface area contributed by atoms with Gasteiger partial charge < -0.3 is 19.0 Å². The minimum absolute atomic E-state index is 0.227. The van der Waals surface area contributed by atoms with Crippen molar-refractivity contribution < 1.29 is 13.9 Å². The molecule has 3 rings (SSSR count). The number of hydrogen-bond donors (Lipinski definition) is 0. The van der Waals surface area contributed by atoms with Crippen molar-refractivity contribution in [1.29, 1.82) is 0 Å². The van der Waals surface area contributed by atoms with Crippen LogP contribution in [0.5, 0.6) is 0 Å². The monoisotopic (exact) mass is 362 g/mol. The summed E-state index contributed by atoms with van der Waals surface area (Å²) in [6.07, 6.45) is 5.11. The number of methoxy groups -OCH3 is 1. The molecular weight excluding hydrogens is 328 g/mol. The number of ether oxygens (including phenoxy) is 1. The van der Waals surface area contributed by atoms with Crippen molar-refractivity contribution in [2.45, 2.75) is 51.9 Å². The molecule has 1 amide bonds. The number of aryl methyl sites for hydroxylation is 1. The number of likely N-dealkylation sites (tertiary alicyclic amines) is 2. The zero-order valence-electron chi connectivity index (χ0n) is 16.6. The summed E-state index contributed by atoms with van der Waals surface area (Å²) in [5.41, 5.74) is 0.227. The summed E-state index contributed by atoms with van der Waals surface area (Å²) in [6.45, 7) is 10.1. The van der Waals surface area contributed by atoms with Crippen LogP contribution in [-0.4, -0.2) is 62.1 Å². The van der Waals surface area contributed by atoms with Crippen LogP contribution in [-0.2, 0) is 9.53 Å². The predicted octanol–water partition coefficient (Wildman–Crippen LogP) is 3.43. The van der Waals surface area contributed by atoms with Crippen molar-refractivity contribution in [2.24, 2.45) is 5.41 Å². The number of rotatable bonds is 8. The average molecular weight is 363 g/mol. The quantitative estimate of drug-likeness (QED) is 0.665. The standard InChI is InChI=1S/C21H34N2O3/c1-17(19-6-5-18(2)26-19)7-11-22-12-8-21(9-13-22)15-20(24)23(16-21)10-4-14-25-3/h5-6,17H,4,7-16H2,1-3H3/t17-/m0/s1. The van der Waals surface area contributed by atoms with E-state index in [4.69, 9.17) is 9.15 Å². The van der Waals surface area contributed by atoms with Gasteiger partial charge >= 0.3 is 0 Å². The number of furan rings is 1. The highest BCUT2D eigenvalue weighted by Gasteiger charge is 2.44. The van der Waals surface area contributed by atoms with Crippen LogP contribution in [0.15, 0.2) is 16.5 Å². The Hall–Kier alpha value is -1.33. The van der Waals surface area contributed by atoms with Crippen molar-refractivity contribution >= 4 is 5.91 Å². The third kappa shape index (κ3) is 4.68. The number of amides is 1. The van der Waals surface area contributed by atoms with Gasteiger partial charge in [0.05, 0.1) is 0 Å². The highest BCUT2D eigenvalue weighted by molar-refractivity contribution is 5.79. The van der Waals surface area contributed by atoms with Crippen LogP contribution in [0.2, 0.25) is 0 Å². The maximum atomic E-state index is 12.4. The Morgan fingerprint density at radius 3 is 2.69 bits per heavy atom. The molecular formula is C21H34N2O3. The van der Waals surface area contributed by atoms with Crippen molar-refractivity contribution in [1.82, 2.24) is 9.80 Å². The molecule has 0 aromatic carbocycles. The van der Waals surface area contributed by atoms with E-state index in [0.717, 1.165) is 83.0 Å². The summed E-state index contributed by atoms with van der Waals surface area (Å²) in [5, 5.41) is 0. The maximum absolute atomic E-state index is 12.4. The van der Waals surface area contributed by atoms with E-state index in [-0.39, 0.29) is 5.41 Å². The van der Waals surface area contributed by atoms with Crippen LogP contribution >= 0.6 is 0 Å². The molecule has 5 nitrogen and oxygen atoms in total. The van der Waals surface area contributed by atoms with Gasteiger partial charge in [-0.15, -0.1) is 0 Å². The highest BCUT2D eigenvalue weighted by Crippen LogP contribution is 2.41. The highest BCUT2D eigenvalue weighted by atomic mass is 16.5. The van der Waals surface area contributed by atoms with Crippen LogP contribution in [0.25, 0.3) is 0 Å². The van der Waals surface area contributed by atoms with Crippen LogP contribution in [0.1, 0.15) is 56.5 Å². The van der Waals surface area contributed by atoms with Crippen LogP contribution < -0.4 is 0 Å². The lowest BCUT2D eigenvalue weighted by Crippen LogP contribution is -2.42. The summed E-state index contributed by atoms with van der Waals surface area (Å²) in [7, 11) is 1.72. The number of piperidine rings is 1. The fraction of sp³-hybridized carbons (Fsp3) is 0.762. The van der Waals surface area contributed by atoms with E-state index in [1.165, 1.54) is 0 Å². The summed E-state index contributed by atoms with van der Waals surface area (Å²) in [5.74, 6) is 2.90. The van der Waals surface area contributed by atoms with Crippen LogP contribution in [0, 0.1) is 12.3 Å². The first-order valence-corrected chi connectivity index (χ1v) is 10.1. The van der Waals surface area contributed by atoms with Gasteiger partial charge in [0.1, 0.15) is 11.5 Å². The second-order valence-electron chi connectivity index (χ2n) is 8.32. The Morgan fingerprint density at radius 1 is 1.27 bits per heavy atom. The molecule has 0 N–H and O–H groups in total. The van der Waals surface area contributed by atoms with Crippen LogP contribution in [0.3, 0.4) is 0 Å². The summed E-state index contributed by atoms with van der Waals surface area (Å²) < 4.78 is 10.9. The Morgan fingerprint density at radius 2 is 2.04 bits per heavy atom. The van der Waals surface area contributed by atoms with E-state index in [2.05, 4.69) is 22.8 Å². The van der Waals surface area contributed by atoms with Gasteiger partial charge in [-0.25, -0.2) is 0 Å². The molecule has 1 atom stereocenters. The van der Waals surface area contributed by atoms with Crippen molar-refractivity contribution in [3.8, 4) is 0 Å². The average Bonchev–Trinajstić information content (AvgIpc) is 3.19. The number of hydrogen-bond acceptors (Lipinski definition) is 4. The maximum Gasteiger partial charge on any atom is 0.223 e. The normalized spacial score (nSPS) is 21.7. The lowest BCUT2D eigenvalue weighted by molar-refractivity contribution is -0.128. The van der Waals surface area contributed by atoms with Gasteiger partial charge in [0.15, 0.2) is 0 Å². The molecule has 2 fully saturated rings. The summed E-state index contributed by atoms with van der Waals surface area (Å²) in [4.78, 5) is 17.0. The molecule has 1 aromatic rings. The molecule has 0 aliphatic carbocycles. The Kier molecular flexibility index (Phi) is 6.41. The Labute approximate surface area is 157 Å². The van der Waals surface area contributed by atoms with Gasteiger partial charge in [0, 0.05) is 39.1 Å². The molecule has 146 valence electrons. The number of nitrogens with zero attached hydrogens (tertiary/aromatic N) is 2. The lowest BCUT2D eigenvalue weighted by atomic mass is 9.77. The van der Waals surface area contributed by atoms with Gasteiger partial charge in [0.25, 0.3) is 0 Å². The SMILES string of the molecule is COCCCN1CC2(CCN(CC[C@H](C)c3ccc(C)o3)CC2)CC1=O. The molecule has 0 saturated carbocycles. The topological polar surface area (TPSA) is 45.9 Å². The van der Waals surface area contributed by atoms with Gasteiger partial charge in [-0.05, 0) is 69.8 Å². The molecule has 0 unspecified atom stereocenters. The summed E-state index contributed by atoms with van der Waals surface area (Å²) in [6, 6.07) is 4.15. The predicted molar refractivity (Wildman–Crippen MR) is 102 cm³/mol. The zero-order chi connectivity index (χ0) is 18.6. The molecule has 26 heavy (non-hydrogen) atoms. The van der Waals surface area contributed by atoms with E-state index >= 15 is 0 Å². The third-order valence-corrected chi connectivity index (χ3v) is 6.22. The zero-order valence-corrected chi connectivity index (χ0v) is 16.6. The number of carbonyl (C=O) groups excluding carboxylic acids is 1. The Balaban J connectivity index is 1.42. The second-order valence-corrected chi connectivity index (χ2v) is 8.32. The molecule has 2 aliphatic heterocycles. The number of carbonyl (C=O) groups is 1. The van der Waals surface area contributed by atoms with E-state index in [0.29, 0.717) is 11.8 Å². The molecule has 0 bridgehead atoms. The molecule has 2 saturated heterocycles. The fourth-order valence-electron chi connectivity index (χ4n) is 4.41. The van der Waals surface area contributed by atoms with Gasteiger partial charge in [-0.1, -0.05) is 6.92 Å². The Bertz CT molecular complexity index is 590. The molecule has 3 heterocycles. The fourth-order valence-corrected chi connectivity index (χ4v) is 4.41. The summed E-state index contributed by atoms with van der Waals surface area (Å²) >= 11 is 0. The largest absolute Gasteiger partial charge is 0.466 e. The molecule has 5 heteroatoms. The van der Waals surface area contributed by atoms with Crippen molar-refractivity contribution in [2.75, 3.05) is 46.4 Å². The van der Waals surface area contributed by atoms with Gasteiger partial charge in [0.2, 0.25) is 5.91 Å². The van der Waals surface area contributed by atoms with E-state index in [1.807, 2.05) is 13.0 Å². The second kappa shape index (κ2) is 8.57. The molecule has 2 aliphatic rings. The van der Waals surface area contributed by atoms with Crippen molar-refractivity contribution in [3.05, 3.63) is 23.7 Å². The van der Waals surface area contributed by atoms with E-state index in [9.17, 15) is 4.79 Å². The molecule has 1 spiro atoms. The first-order chi connectivity index (χ1) is 12.5. The first-order valence-electron chi connectivity index (χ1n) is 10.1. The first kappa shape index (κ1) is 19.4. The smallest absolute Gasteiger partial charge is 0.223 e. The van der Waals surface area contributed by atoms with Gasteiger partial charge in [-0.3, -0.25) is 4.79 Å². The molecule has 0 radical (unpaired) electrons. The van der Waals surface area contributed by atoms with Crippen molar-refractivity contribution in [3.63, 3.8) is 0 Å². The lowest BCUT2D eigenvalue weighted by Gasteiger charge is -2.39. The van der Waals surface area contributed by atoms with E-state index in [1.54, 1.807) is 7.11 Å². The minimum Gasteiger partial charge on any atom is -0.466 e. The van der Waals surface area contributed by atoms with E-state index < -0.39 is 0 Å². The third-order valence-electron chi connectivity index (χ3n) is 6.22. The van der Waals surface area contributed by atoms with Crippen LogP contribution in [0.4, 0.5) is 0 Å².